The minimum Gasteiger partial charge on any atom is -0.383 e. The van der Waals surface area contributed by atoms with Gasteiger partial charge in [0.15, 0.2) is 0 Å². The summed E-state index contributed by atoms with van der Waals surface area (Å²) < 4.78 is 0. The van der Waals surface area contributed by atoms with Crippen molar-refractivity contribution in [3.8, 4) is 0 Å². The van der Waals surface area contributed by atoms with Crippen LogP contribution in [-0.4, -0.2) is 19.0 Å². The predicted octanol–water partition coefficient (Wildman–Crippen LogP) is 0.397. The summed E-state index contributed by atoms with van der Waals surface area (Å²) in [5.41, 5.74) is 0. The molecule has 0 bridgehead atoms. The Bertz CT molecular complexity index is 325. The van der Waals surface area contributed by atoms with Gasteiger partial charge in [0.25, 0.3) is 0 Å². The van der Waals surface area contributed by atoms with Gasteiger partial charge in [-0.1, -0.05) is 30.8 Å². The molecule has 0 N–H and O–H groups in total. The summed E-state index contributed by atoms with van der Waals surface area (Å²) >= 11 is 0. The maximum Gasteiger partial charge on any atom is 0.00645 e. The summed E-state index contributed by atoms with van der Waals surface area (Å²) in [6, 6.07) is 8.08. The van der Waals surface area contributed by atoms with Gasteiger partial charge >= 0.3 is 0 Å². The fourth-order valence-electron chi connectivity index (χ4n) is 0.938. The molecule has 1 heteroatoms. The number of rotatable bonds is 1. The molecule has 0 aliphatic heterocycles. The Morgan fingerprint density at radius 2 is 1.91 bits per heavy atom. The molecule has 0 unspecified atom stereocenters. The van der Waals surface area contributed by atoms with Crippen LogP contribution in [0.1, 0.15) is 0 Å². The zero-order valence-electron chi connectivity index (χ0n) is 7.04. The van der Waals surface area contributed by atoms with E-state index in [0.717, 1.165) is 5.22 Å². The van der Waals surface area contributed by atoms with E-state index < -0.39 is 0 Å². The van der Waals surface area contributed by atoms with Gasteiger partial charge in [0, 0.05) is 20.3 Å². The first kappa shape index (κ1) is 7.86. The van der Waals surface area contributed by atoms with Gasteiger partial charge in [-0.15, -0.1) is 0 Å². The van der Waals surface area contributed by atoms with Crippen LogP contribution in [0.15, 0.2) is 24.3 Å². The van der Waals surface area contributed by atoms with E-state index in [9.17, 15) is 0 Å². The van der Waals surface area contributed by atoms with Gasteiger partial charge < -0.3 is 4.90 Å². The van der Waals surface area contributed by atoms with E-state index >= 15 is 0 Å². The lowest BCUT2D eigenvalue weighted by atomic mass is 10.2. The third-order valence-corrected chi connectivity index (χ3v) is 1.45. The standard InChI is InChI=1S/C10H13N/c1-9-6-4-5-7-10(9)8-11(2)3/h4-8H,1H2,2-3H3/b10-8-. The fraction of sp³-hybridized carbons (Fsp3) is 0.200. The Balaban J connectivity index is 3.24. The minimum absolute atomic E-state index is 1.07. The molecule has 11 heavy (non-hydrogen) atoms. The van der Waals surface area contributed by atoms with Crippen LogP contribution in [0.4, 0.5) is 0 Å². The molecule has 0 saturated heterocycles. The molecule has 0 atom stereocenters. The Hall–Kier alpha value is -1.24. The minimum atomic E-state index is 1.07. The first-order valence-corrected chi connectivity index (χ1v) is 3.62. The first-order valence-electron chi connectivity index (χ1n) is 3.62. The summed E-state index contributed by atoms with van der Waals surface area (Å²) in [6.07, 6.45) is 2.06. The fourth-order valence-corrected chi connectivity index (χ4v) is 0.938. The van der Waals surface area contributed by atoms with Gasteiger partial charge in [-0.25, -0.2) is 0 Å². The molecule has 1 aromatic carbocycles. The van der Waals surface area contributed by atoms with Crippen molar-refractivity contribution in [3.63, 3.8) is 0 Å². The highest BCUT2D eigenvalue weighted by atomic mass is 15.0. The average molecular weight is 147 g/mol. The van der Waals surface area contributed by atoms with E-state index in [1.54, 1.807) is 0 Å². The van der Waals surface area contributed by atoms with Crippen LogP contribution < -0.4 is 10.4 Å². The first-order chi connectivity index (χ1) is 5.20. The van der Waals surface area contributed by atoms with Gasteiger partial charge in [0.05, 0.1) is 0 Å². The third-order valence-electron chi connectivity index (χ3n) is 1.45. The van der Waals surface area contributed by atoms with Crippen molar-refractivity contribution in [2.75, 3.05) is 14.1 Å². The molecule has 1 rings (SSSR count). The Kier molecular flexibility index (Phi) is 2.32. The van der Waals surface area contributed by atoms with Crippen molar-refractivity contribution >= 4 is 12.8 Å². The van der Waals surface area contributed by atoms with Crippen molar-refractivity contribution in [2.24, 2.45) is 0 Å². The van der Waals surface area contributed by atoms with Gasteiger partial charge in [0.1, 0.15) is 0 Å². The van der Waals surface area contributed by atoms with Gasteiger partial charge in [-0.05, 0) is 10.4 Å². The average Bonchev–Trinajstić information content (AvgIpc) is 1.93. The third kappa shape index (κ3) is 2.11. The van der Waals surface area contributed by atoms with Crippen molar-refractivity contribution < 1.29 is 0 Å². The second-order valence-electron chi connectivity index (χ2n) is 2.79. The zero-order valence-corrected chi connectivity index (χ0v) is 7.04. The summed E-state index contributed by atoms with van der Waals surface area (Å²) in [6.45, 7) is 3.92. The highest BCUT2D eigenvalue weighted by molar-refractivity contribution is 5.24. The SMILES string of the molecule is C=c1cccc/c1=C/N(C)C. The molecule has 0 radical (unpaired) electrons. The molecule has 0 aliphatic rings. The summed E-state index contributed by atoms with van der Waals surface area (Å²) in [7, 11) is 4.01. The van der Waals surface area contributed by atoms with Gasteiger partial charge in [-0.2, -0.15) is 0 Å². The van der Waals surface area contributed by atoms with E-state index in [-0.39, 0.29) is 0 Å². The van der Waals surface area contributed by atoms with Crippen LogP contribution in [-0.2, 0) is 0 Å². The summed E-state index contributed by atoms with van der Waals surface area (Å²) in [4.78, 5) is 2.02. The smallest absolute Gasteiger partial charge is 0.00645 e. The monoisotopic (exact) mass is 147 g/mol. The Labute approximate surface area is 67.3 Å². The summed E-state index contributed by atoms with van der Waals surface area (Å²) in [5.74, 6) is 0. The largest absolute Gasteiger partial charge is 0.383 e. The molecule has 58 valence electrons. The lowest BCUT2D eigenvalue weighted by molar-refractivity contribution is 0.614. The number of benzene rings is 1. The highest BCUT2D eigenvalue weighted by Gasteiger charge is 1.80. The van der Waals surface area contributed by atoms with Crippen molar-refractivity contribution in [3.05, 3.63) is 34.7 Å². The van der Waals surface area contributed by atoms with Crippen molar-refractivity contribution in [2.45, 2.75) is 0 Å². The molecule has 1 nitrogen and oxygen atoms in total. The molecule has 0 aromatic heterocycles. The molecule has 0 saturated carbocycles. The van der Waals surface area contributed by atoms with E-state index in [1.807, 2.05) is 37.2 Å². The number of hydrogen-bond donors (Lipinski definition) is 0. The molecule has 1 aromatic rings. The normalized spacial score (nSPS) is 11.6. The van der Waals surface area contributed by atoms with Crippen LogP contribution >= 0.6 is 0 Å². The number of hydrogen-bond acceptors (Lipinski definition) is 1. The maximum absolute atomic E-state index is 3.92. The number of nitrogens with zero attached hydrogens (tertiary/aromatic N) is 1. The van der Waals surface area contributed by atoms with E-state index in [4.69, 9.17) is 0 Å². The van der Waals surface area contributed by atoms with Crippen LogP contribution in [0.25, 0.3) is 12.8 Å². The maximum atomic E-state index is 3.92. The quantitative estimate of drug-likeness (QED) is 0.555. The second-order valence-corrected chi connectivity index (χ2v) is 2.79. The topological polar surface area (TPSA) is 3.24 Å². The van der Waals surface area contributed by atoms with Crippen LogP contribution in [0.2, 0.25) is 0 Å². The molecule has 0 aliphatic carbocycles. The van der Waals surface area contributed by atoms with Gasteiger partial charge in [0.2, 0.25) is 0 Å². The molecule has 0 fully saturated rings. The predicted molar refractivity (Wildman–Crippen MR) is 49.4 cm³/mol. The van der Waals surface area contributed by atoms with E-state index in [2.05, 4.69) is 18.8 Å². The molecule has 0 heterocycles. The Morgan fingerprint density at radius 3 is 2.45 bits per heavy atom. The van der Waals surface area contributed by atoms with E-state index in [1.165, 1.54) is 5.22 Å². The summed E-state index contributed by atoms with van der Waals surface area (Å²) in [5, 5.41) is 2.25. The molecular formula is C10H13N. The zero-order chi connectivity index (χ0) is 8.27. The van der Waals surface area contributed by atoms with Crippen LogP contribution in [0.5, 0.6) is 0 Å². The van der Waals surface area contributed by atoms with E-state index in [0.29, 0.717) is 0 Å². The second kappa shape index (κ2) is 3.24. The molecule has 0 spiro atoms. The highest BCUT2D eigenvalue weighted by Crippen LogP contribution is 1.73. The lowest BCUT2D eigenvalue weighted by Gasteiger charge is -2.02. The Morgan fingerprint density at radius 1 is 1.27 bits per heavy atom. The van der Waals surface area contributed by atoms with Gasteiger partial charge in [-0.3, -0.25) is 0 Å². The van der Waals surface area contributed by atoms with Crippen LogP contribution in [0, 0.1) is 0 Å². The van der Waals surface area contributed by atoms with Crippen molar-refractivity contribution in [1.82, 2.24) is 4.90 Å². The lowest BCUT2D eigenvalue weighted by Crippen LogP contribution is -2.24. The molecule has 0 amide bonds. The molecular weight excluding hydrogens is 134 g/mol. The van der Waals surface area contributed by atoms with Crippen LogP contribution in [0.3, 0.4) is 0 Å². The van der Waals surface area contributed by atoms with Crippen molar-refractivity contribution in [1.29, 1.82) is 0 Å².